The molecule has 0 bridgehead atoms. The Morgan fingerprint density at radius 2 is 1.26 bits per heavy atom. The van der Waals surface area contributed by atoms with Gasteiger partial charge in [0.25, 0.3) is 11.8 Å². The topological polar surface area (TPSA) is 76.7 Å². The second-order valence-electron chi connectivity index (χ2n) is 7.13. The number of unbranched alkanes of at least 4 members (excludes halogenated alkanes) is 1. The third kappa shape index (κ3) is 13.3. The number of hydrogen-bond donors (Lipinski definition) is 2. The van der Waals surface area contributed by atoms with Crippen LogP contribution < -0.4 is 10.6 Å². The molecule has 2 N–H and O–H groups in total. The van der Waals surface area contributed by atoms with Crippen LogP contribution in [0.3, 0.4) is 0 Å². The predicted octanol–water partition coefficient (Wildman–Crippen LogP) is 4.07. The van der Waals surface area contributed by atoms with Crippen LogP contribution in [-0.4, -0.2) is 50.8 Å². The van der Waals surface area contributed by atoms with E-state index in [0.717, 1.165) is 19.4 Å². The number of rotatable bonds is 12. The largest absolute Gasteiger partial charge is 0.380 e. The number of benzene rings is 2. The van der Waals surface area contributed by atoms with Crippen molar-refractivity contribution in [3.05, 3.63) is 71.8 Å². The molecule has 2 aromatic rings. The Hall–Kier alpha value is -2.70. The molecule has 0 saturated carbocycles. The summed E-state index contributed by atoms with van der Waals surface area (Å²) in [6.45, 7) is 9.09. The van der Waals surface area contributed by atoms with E-state index in [9.17, 15) is 9.59 Å². The monoisotopic (exact) mass is 428 g/mol. The number of hydrogen-bond acceptors (Lipinski definition) is 4. The lowest BCUT2D eigenvalue weighted by Gasteiger charge is -2.08. The Morgan fingerprint density at radius 3 is 1.71 bits per heavy atom. The van der Waals surface area contributed by atoms with Crippen molar-refractivity contribution in [1.29, 1.82) is 0 Å². The van der Waals surface area contributed by atoms with Crippen molar-refractivity contribution >= 4 is 11.8 Å². The van der Waals surface area contributed by atoms with Crippen LogP contribution in [-0.2, 0) is 9.47 Å². The van der Waals surface area contributed by atoms with E-state index in [1.165, 1.54) is 0 Å². The van der Waals surface area contributed by atoms with Gasteiger partial charge < -0.3 is 20.1 Å². The van der Waals surface area contributed by atoms with E-state index in [2.05, 4.69) is 17.6 Å². The zero-order valence-electron chi connectivity index (χ0n) is 18.9. The maximum atomic E-state index is 11.6. The van der Waals surface area contributed by atoms with Crippen LogP contribution >= 0.6 is 0 Å². The Balaban J connectivity index is 0.000000311. The summed E-state index contributed by atoms with van der Waals surface area (Å²) in [4.78, 5) is 23.1. The minimum Gasteiger partial charge on any atom is -0.380 e. The standard InChI is InChI=1S/C13H19NO2.C12H17NO2/c1-2-3-10-16-11-9-14-13(15)12-7-5-4-6-8-12;1-10(2)15-9-8-13-12(14)11-6-4-3-5-7-11/h4-8H,2-3,9-11H2,1H3,(H,14,15);3-7,10H,8-9H2,1-2H3,(H,13,14). The molecule has 6 nitrogen and oxygen atoms in total. The van der Waals surface area contributed by atoms with E-state index in [-0.39, 0.29) is 17.9 Å². The predicted molar refractivity (Wildman–Crippen MR) is 124 cm³/mol. The molecule has 0 saturated heterocycles. The normalized spacial score (nSPS) is 10.2. The van der Waals surface area contributed by atoms with Gasteiger partial charge in [0.15, 0.2) is 0 Å². The summed E-state index contributed by atoms with van der Waals surface area (Å²) >= 11 is 0. The first-order chi connectivity index (χ1) is 15.0. The molecule has 0 aliphatic rings. The van der Waals surface area contributed by atoms with Gasteiger partial charge in [0.05, 0.1) is 19.3 Å². The van der Waals surface area contributed by atoms with Crippen LogP contribution in [0, 0.1) is 0 Å². The van der Waals surface area contributed by atoms with E-state index in [1.54, 1.807) is 24.3 Å². The number of ether oxygens (including phenoxy) is 2. The van der Waals surface area contributed by atoms with Gasteiger partial charge in [0, 0.05) is 30.8 Å². The fourth-order valence-electron chi connectivity index (χ4n) is 2.43. The lowest BCUT2D eigenvalue weighted by Crippen LogP contribution is -2.27. The lowest BCUT2D eigenvalue weighted by atomic mass is 10.2. The smallest absolute Gasteiger partial charge is 0.251 e. The van der Waals surface area contributed by atoms with Crippen LogP contribution in [0.1, 0.15) is 54.3 Å². The van der Waals surface area contributed by atoms with E-state index in [0.29, 0.717) is 37.4 Å². The van der Waals surface area contributed by atoms with Crippen LogP contribution in [0.15, 0.2) is 60.7 Å². The van der Waals surface area contributed by atoms with Crippen molar-refractivity contribution in [2.24, 2.45) is 0 Å². The van der Waals surface area contributed by atoms with Gasteiger partial charge in [-0.3, -0.25) is 9.59 Å². The van der Waals surface area contributed by atoms with Crippen molar-refractivity contribution in [2.75, 3.05) is 32.9 Å². The van der Waals surface area contributed by atoms with Crippen LogP contribution in [0.5, 0.6) is 0 Å². The average molecular weight is 429 g/mol. The van der Waals surface area contributed by atoms with Crippen LogP contribution in [0.4, 0.5) is 0 Å². The second-order valence-corrected chi connectivity index (χ2v) is 7.13. The van der Waals surface area contributed by atoms with Gasteiger partial charge in [-0.1, -0.05) is 49.7 Å². The summed E-state index contributed by atoms with van der Waals surface area (Å²) in [6.07, 6.45) is 2.42. The summed E-state index contributed by atoms with van der Waals surface area (Å²) < 4.78 is 10.7. The summed E-state index contributed by atoms with van der Waals surface area (Å²) in [7, 11) is 0. The second kappa shape index (κ2) is 17.0. The first-order valence-corrected chi connectivity index (χ1v) is 10.9. The Morgan fingerprint density at radius 1 is 0.774 bits per heavy atom. The molecule has 0 aromatic heterocycles. The summed E-state index contributed by atoms with van der Waals surface area (Å²) in [6, 6.07) is 18.4. The van der Waals surface area contributed by atoms with Crippen LogP contribution in [0.2, 0.25) is 0 Å². The first kappa shape index (κ1) is 26.3. The molecule has 0 spiro atoms. The SMILES string of the molecule is CC(C)OCCNC(=O)c1ccccc1.CCCCOCCNC(=O)c1ccccc1. The molecule has 0 fully saturated rings. The average Bonchev–Trinajstić information content (AvgIpc) is 2.80. The van der Waals surface area contributed by atoms with E-state index >= 15 is 0 Å². The molecule has 0 aliphatic carbocycles. The third-order valence-corrected chi connectivity index (χ3v) is 4.08. The highest BCUT2D eigenvalue weighted by molar-refractivity contribution is 5.94. The molecule has 2 aromatic carbocycles. The minimum atomic E-state index is -0.0528. The fourth-order valence-corrected chi connectivity index (χ4v) is 2.43. The minimum absolute atomic E-state index is 0.0420. The summed E-state index contributed by atoms with van der Waals surface area (Å²) in [5.74, 6) is -0.0948. The van der Waals surface area contributed by atoms with Gasteiger partial charge in [0.2, 0.25) is 0 Å². The molecule has 0 radical (unpaired) electrons. The van der Waals surface area contributed by atoms with E-state index in [1.807, 2.05) is 50.2 Å². The van der Waals surface area contributed by atoms with E-state index < -0.39 is 0 Å². The summed E-state index contributed by atoms with van der Waals surface area (Å²) in [5.41, 5.74) is 1.37. The highest BCUT2D eigenvalue weighted by atomic mass is 16.5. The van der Waals surface area contributed by atoms with Gasteiger partial charge in [-0.2, -0.15) is 0 Å². The number of nitrogens with one attached hydrogen (secondary N) is 2. The van der Waals surface area contributed by atoms with Crippen molar-refractivity contribution < 1.29 is 19.1 Å². The van der Waals surface area contributed by atoms with E-state index in [4.69, 9.17) is 9.47 Å². The molecule has 2 rings (SSSR count). The molecular weight excluding hydrogens is 392 g/mol. The number of amides is 2. The maximum Gasteiger partial charge on any atom is 0.251 e. The molecule has 170 valence electrons. The molecule has 6 heteroatoms. The van der Waals surface area contributed by atoms with Gasteiger partial charge in [0.1, 0.15) is 0 Å². The van der Waals surface area contributed by atoms with Crippen molar-refractivity contribution in [1.82, 2.24) is 10.6 Å². The van der Waals surface area contributed by atoms with Crippen molar-refractivity contribution in [3.8, 4) is 0 Å². The highest BCUT2D eigenvalue weighted by Gasteiger charge is 2.03. The Bertz CT molecular complexity index is 721. The van der Waals surface area contributed by atoms with Gasteiger partial charge >= 0.3 is 0 Å². The molecule has 31 heavy (non-hydrogen) atoms. The quantitative estimate of drug-likeness (QED) is 0.500. The fraction of sp³-hybridized carbons (Fsp3) is 0.440. The zero-order valence-corrected chi connectivity index (χ0v) is 18.9. The third-order valence-electron chi connectivity index (χ3n) is 4.08. The number of carbonyl (C=O) groups excluding carboxylic acids is 2. The maximum absolute atomic E-state index is 11.6. The van der Waals surface area contributed by atoms with Crippen molar-refractivity contribution in [2.45, 2.75) is 39.7 Å². The lowest BCUT2D eigenvalue weighted by molar-refractivity contribution is 0.0746. The highest BCUT2D eigenvalue weighted by Crippen LogP contribution is 1.98. The summed E-state index contributed by atoms with van der Waals surface area (Å²) in [5, 5.41) is 5.60. The Kier molecular flexibility index (Phi) is 14.5. The number of carbonyl (C=O) groups is 2. The Labute approximate surface area is 186 Å². The van der Waals surface area contributed by atoms with Crippen molar-refractivity contribution in [3.63, 3.8) is 0 Å². The molecular formula is C25H36N2O4. The van der Waals surface area contributed by atoms with Crippen LogP contribution in [0.25, 0.3) is 0 Å². The zero-order chi connectivity index (χ0) is 22.7. The molecule has 0 aliphatic heterocycles. The first-order valence-electron chi connectivity index (χ1n) is 10.9. The molecule has 0 atom stereocenters. The van der Waals surface area contributed by atoms with Gasteiger partial charge in [-0.25, -0.2) is 0 Å². The molecule has 2 amide bonds. The molecule has 0 unspecified atom stereocenters. The van der Waals surface area contributed by atoms with Gasteiger partial charge in [-0.05, 0) is 44.5 Å². The molecule has 0 heterocycles. The van der Waals surface area contributed by atoms with Gasteiger partial charge in [-0.15, -0.1) is 0 Å².